The maximum absolute atomic E-state index is 12.5. The van der Waals surface area contributed by atoms with Gasteiger partial charge in [0.2, 0.25) is 0 Å². The highest BCUT2D eigenvalue weighted by Crippen LogP contribution is 2.15. The third-order valence-electron chi connectivity index (χ3n) is 5.34. The predicted molar refractivity (Wildman–Crippen MR) is 151 cm³/mol. The predicted octanol–water partition coefficient (Wildman–Crippen LogP) is 4.22. The molecule has 0 aliphatic rings. The second kappa shape index (κ2) is 17.3. The number of hydrogen-bond donors (Lipinski definition) is 1. The molecule has 10 nitrogen and oxygen atoms in total. The van der Waals surface area contributed by atoms with Crippen LogP contribution in [0.5, 0.6) is 0 Å². The molecule has 0 fully saturated rings. The summed E-state index contributed by atoms with van der Waals surface area (Å²) >= 11 is 0. The van der Waals surface area contributed by atoms with Gasteiger partial charge in [0.1, 0.15) is 18.6 Å². The van der Waals surface area contributed by atoms with Crippen LogP contribution in [0, 0.1) is 0 Å². The van der Waals surface area contributed by atoms with Gasteiger partial charge in [0, 0.05) is 36.1 Å². The Morgan fingerprint density at radius 3 is 1.70 bits per heavy atom. The second-order valence-corrected chi connectivity index (χ2v) is 8.23. The minimum atomic E-state index is -0.699. The fourth-order valence-electron chi connectivity index (χ4n) is 3.53. The molecule has 2 N–H and O–H groups in total. The normalized spacial score (nSPS) is 11.6. The lowest BCUT2D eigenvalue weighted by Gasteiger charge is -2.14. The molecule has 2 heterocycles. The van der Waals surface area contributed by atoms with E-state index in [0.29, 0.717) is 37.4 Å². The molecule has 2 aromatic carbocycles. The molecule has 2 unspecified atom stereocenters. The Balaban J connectivity index is 0.000000339. The van der Waals surface area contributed by atoms with Crippen LogP contribution in [0.15, 0.2) is 99.4 Å². The van der Waals surface area contributed by atoms with Crippen LogP contribution >= 0.6 is 12.4 Å². The van der Waals surface area contributed by atoms with E-state index in [9.17, 15) is 9.59 Å². The number of carbonyl (C=O) groups excluding carboxylic acids is 2. The van der Waals surface area contributed by atoms with Gasteiger partial charge in [0.25, 0.3) is 0 Å². The zero-order valence-corrected chi connectivity index (χ0v) is 23.2. The van der Waals surface area contributed by atoms with Gasteiger partial charge in [-0.1, -0.05) is 71.0 Å². The number of esters is 2. The van der Waals surface area contributed by atoms with E-state index in [2.05, 4.69) is 14.8 Å². The van der Waals surface area contributed by atoms with Crippen molar-refractivity contribution in [2.24, 2.45) is 10.7 Å². The van der Waals surface area contributed by atoms with E-state index in [1.807, 2.05) is 60.7 Å². The topological polar surface area (TPSA) is 143 Å². The molecular formula is C29H33ClN4O6. The van der Waals surface area contributed by atoms with Crippen molar-refractivity contribution in [2.75, 3.05) is 13.2 Å². The Hall–Kier alpha value is -4.28. The van der Waals surface area contributed by atoms with Crippen LogP contribution in [-0.2, 0) is 31.9 Å². The van der Waals surface area contributed by atoms with Gasteiger partial charge in [-0.2, -0.15) is 0 Å². The standard InChI is InChI=1S/C21H20N2O3.C8H12N2O3.ClH/c1-2-25-21(24)19(15-18-13-14-26-23-18)22-20(16-9-5-3-6-10-16)17-11-7-4-8-12-17;1-2-12-8(11)7(9)5-6-3-4-13-10-6;/h3-14,19H,2,15H2,1H3;3-4,7H,2,5,9H2,1H3;1H. The van der Waals surface area contributed by atoms with Crippen LogP contribution in [0.1, 0.15) is 36.4 Å². The summed E-state index contributed by atoms with van der Waals surface area (Å²) in [5.41, 5.74) is 9.47. The van der Waals surface area contributed by atoms with Crippen molar-refractivity contribution in [3.05, 3.63) is 108 Å². The molecule has 4 aromatic rings. The van der Waals surface area contributed by atoms with Crippen molar-refractivity contribution in [1.29, 1.82) is 0 Å². The van der Waals surface area contributed by atoms with E-state index in [0.717, 1.165) is 16.8 Å². The van der Waals surface area contributed by atoms with Crippen molar-refractivity contribution < 1.29 is 28.1 Å². The Bertz CT molecular complexity index is 1240. The number of aliphatic imine (C=N–C) groups is 1. The number of hydrogen-bond acceptors (Lipinski definition) is 10. The molecule has 0 aliphatic heterocycles. The van der Waals surface area contributed by atoms with E-state index in [-0.39, 0.29) is 18.4 Å². The van der Waals surface area contributed by atoms with Crippen LogP contribution in [0.3, 0.4) is 0 Å². The summed E-state index contributed by atoms with van der Waals surface area (Å²) in [6, 6.07) is 21.6. The van der Waals surface area contributed by atoms with Crippen molar-refractivity contribution in [3.63, 3.8) is 0 Å². The summed E-state index contributed by atoms with van der Waals surface area (Å²) in [5, 5.41) is 7.54. The van der Waals surface area contributed by atoms with Gasteiger partial charge < -0.3 is 24.3 Å². The highest BCUT2D eigenvalue weighted by atomic mass is 35.5. The third-order valence-corrected chi connectivity index (χ3v) is 5.34. The fraction of sp³-hybridized carbons (Fsp3) is 0.276. The zero-order chi connectivity index (χ0) is 27.9. The number of ether oxygens (including phenoxy) is 2. The number of nitrogens with zero attached hydrogens (tertiary/aromatic N) is 3. The lowest BCUT2D eigenvalue weighted by molar-refractivity contribution is -0.145. The Morgan fingerprint density at radius 1 is 0.775 bits per heavy atom. The first-order valence-corrected chi connectivity index (χ1v) is 12.6. The second-order valence-electron chi connectivity index (χ2n) is 8.23. The van der Waals surface area contributed by atoms with Crippen LogP contribution in [0.25, 0.3) is 0 Å². The first-order valence-electron chi connectivity index (χ1n) is 12.6. The van der Waals surface area contributed by atoms with Crippen LogP contribution < -0.4 is 5.73 Å². The molecule has 2 aromatic heterocycles. The van der Waals surface area contributed by atoms with Gasteiger partial charge in [-0.25, -0.2) is 4.79 Å². The van der Waals surface area contributed by atoms with E-state index in [1.54, 1.807) is 26.0 Å². The Labute approximate surface area is 238 Å². The van der Waals surface area contributed by atoms with Gasteiger partial charge >= 0.3 is 11.9 Å². The number of benzene rings is 2. The van der Waals surface area contributed by atoms with E-state index >= 15 is 0 Å². The molecule has 212 valence electrons. The number of carbonyl (C=O) groups is 2. The van der Waals surface area contributed by atoms with Crippen molar-refractivity contribution in [2.45, 2.75) is 38.8 Å². The van der Waals surface area contributed by atoms with Gasteiger partial charge in [0.05, 0.1) is 30.3 Å². The number of nitrogens with two attached hydrogens (primary N) is 1. The van der Waals surface area contributed by atoms with Gasteiger partial charge in [0.15, 0.2) is 6.04 Å². The minimum absolute atomic E-state index is 0. The highest BCUT2D eigenvalue weighted by molar-refractivity contribution is 6.13. The fourth-order valence-corrected chi connectivity index (χ4v) is 3.53. The first kappa shape index (κ1) is 31.9. The quantitative estimate of drug-likeness (QED) is 0.208. The van der Waals surface area contributed by atoms with Crippen LogP contribution in [0.2, 0.25) is 0 Å². The summed E-state index contributed by atoms with van der Waals surface area (Å²) in [6.45, 7) is 4.16. The van der Waals surface area contributed by atoms with Crippen molar-refractivity contribution in [3.8, 4) is 0 Å². The summed E-state index contributed by atoms with van der Waals surface area (Å²) in [6.07, 6.45) is 3.58. The van der Waals surface area contributed by atoms with E-state index < -0.39 is 18.1 Å². The van der Waals surface area contributed by atoms with Gasteiger partial charge in [-0.05, 0) is 13.8 Å². The SMILES string of the molecule is CCOC(=O)C(Cc1ccon1)N=C(c1ccccc1)c1ccccc1.CCOC(=O)C(N)Cc1ccon1.Cl. The molecule has 0 aliphatic carbocycles. The van der Waals surface area contributed by atoms with E-state index in [4.69, 9.17) is 24.7 Å². The molecule has 40 heavy (non-hydrogen) atoms. The van der Waals surface area contributed by atoms with Gasteiger partial charge in [-0.15, -0.1) is 12.4 Å². The third kappa shape index (κ3) is 10.1. The van der Waals surface area contributed by atoms with Gasteiger partial charge in [-0.3, -0.25) is 9.79 Å². The zero-order valence-electron chi connectivity index (χ0n) is 22.3. The van der Waals surface area contributed by atoms with Crippen molar-refractivity contribution in [1.82, 2.24) is 10.3 Å². The molecule has 0 saturated carbocycles. The summed E-state index contributed by atoms with van der Waals surface area (Å²) in [5.74, 6) is -0.787. The Morgan fingerprint density at radius 2 is 1.25 bits per heavy atom. The molecule has 0 bridgehead atoms. The molecule has 0 saturated heterocycles. The van der Waals surface area contributed by atoms with Crippen LogP contribution in [0.4, 0.5) is 0 Å². The first-order chi connectivity index (χ1) is 19.0. The average Bonchev–Trinajstić information content (AvgIpc) is 3.67. The maximum Gasteiger partial charge on any atom is 0.331 e. The molecule has 4 rings (SSSR count). The number of aromatic nitrogens is 2. The summed E-state index contributed by atoms with van der Waals surface area (Å²) in [4.78, 5) is 28.3. The molecule has 0 amide bonds. The molecular weight excluding hydrogens is 536 g/mol. The average molecular weight is 569 g/mol. The minimum Gasteiger partial charge on any atom is -0.465 e. The Kier molecular flexibility index (Phi) is 13.8. The largest absolute Gasteiger partial charge is 0.465 e. The van der Waals surface area contributed by atoms with E-state index in [1.165, 1.54) is 12.5 Å². The summed E-state index contributed by atoms with van der Waals surface area (Å²) in [7, 11) is 0. The maximum atomic E-state index is 12.5. The van der Waals surface area contributed by atoms with Crippen LogP contribution in [-0.4, -0.2) is 53.3 Å². The number of halogens is 1. The molecule has 11 heteroatoms. The molecule has 2 atom stereocenters. The highest BCUT2D eigenvalue weighted by Gasteiger charge is 2.22. The smallest absolute Gasteiger partial charge is 0.331 e. The number of rotatable bonds is 11. The molecule has 0 radical (unpaired) electrons. The lowest BCUT2D eigenvalue weighted by Crippen LogP contribution is -2.34. The lowest BCUT2D eigenvalue weighted by atomic mass is 10.0. The van der Waals surface area contributed by atoms with Crippen molar-refractivity contribution >= 4 is 30.1 Å². The summed E-state index contributed by atoms with van der Waals surface area (Å²) < 4.78 is 19.4. The molecule has 0 spiro atoms. The monoisotopic (exact) mass is 568 g/mol.